The van der Waals surface area contributed by atoms with Crippen LogP contribution in [0, 0.1) is 0 Å². The number of carboxylic acid groups (broad SMARTS) is 1. The van der Waals surface area contributed by atoms with Crippen LogP contribution in [0.25, 0.3) is 6.08 Å². The summed E-state index contributed by atoms with van der Waals surface area (Å²) in [6, 6.07) is 5.17. The summed E-state index contributed by atoms with van der Waals surface area (Å²) in [7, 11) is 3.08. The number of hydrogen-bond acceptors (Lipinski definition) is 3. The number of rotatable bonds is 4. The van der Waals surface area contributed by atoms with Crippen molar-refractivity contribution in [2.75, 3.05) is 14.2 Å². The molecular formula is C12H16O4. The first-order valence-corrected chi connectivity index (χ1v) is 4.30. The summed E-state index contributed by atoms with van der Waals surface area (Å²) in [4.78, 5) is 10.3. The molecule has 16 heavy (non-hydrogen) atoms. The van der Waals surface area contributed by atoms with Crippen LogP contribution in [0.5, 0.6) is 11.5 Å². The van der Waals surface area contributed by atoms with E-state index in [0.29, 0.717) is 17.1 Å². The SMILES string of the molecule is C.COc1cc(/C=C/C(=O)O)cc(OC)c1. The monoisotopic (exact) mass is 224 g/mol. The van der Waals surface area contributed by atoms with E-state index in [1.165, 1.54) is 6.08 Å². The summed E-state index contributed by atoms with van der Waals surface area (Å²) in [6.07, 6.45) is 2.54. The van der Waals surface area contributed by atoms with Crippen LogP contribution in [-0.4, -0.2) is 25.3 Å². The number of carboxylic acids is 1. The molecule has 0 unspecified atom stereocenters. The first-order chi connectivity index (χ1) is 7.15. The summed E-state index contributed by atoms with van der Waals surface area (Å²) in [5.74, 6) is 0.260. The topological polar surface area (TPSA) is 55.8 Å². The minimum Gasteiger partial charge on any atom is -0.497 e. The molecule has 0 heterocycles. The molecule has 4 nitrogen and oxygen atoms in total. The molecule has 4 heteroatoms. The second-order valence-electron chi connectivity index (χ2n) is 2.82. The Morgan fingerprint density at radius 2 is 1.69 bits per heavy atom. The van der Waals surface area contributed by atoms with Gasteiger partial charge in [0, 0.05) is 12.1 Å². The third-order valence-corrected chi connectivity index (χ3v) is 1.79. The Kier molecular flexibility index (Phi) is 5.70. The lowest BCUT2D eigenvalue weighted by Crippen LogP contribution is -1.89. The van der Waals surface area contributed by atoms with Crippen molar-refractivity contribution in [3.63, 3.8) is 0 Å². The molecule has 0 bridgehead atoms. The highest BCUT2D eigenvalue weighted by Crippen LogP contribution is 2.23. The number of aliphatic carboxylic acids is 1. The Hall–Kier alpha value is -1.97. The van der Waals surface area contributed by atoms with E-state index in [2.05, 4.69) is 0 Å². The summed E-state index contributed by atoms with van der Waals surface area (Å²) in [6.45, 7) is 0. The molecule has 0 saturated heterocycles. The molecule has 0 amide bonds. The van der Waals surface area contributed by atoms with Gasteiger partial charge in [-0.1, -0.05) is 7.43 Å². The summed E-state index contributed by atoms with van der Waals surface area (Å²) < 4.78 is 10.1. The summed E-state index contributed by atoms with van der Waals surface area (Å²) in [5.41, 5.74) is 0.716. The minimum atomic E-state index is -0.989. The normalized spacial score (nSPS) is 9.62. The van der Waals surface area contributed by atoms with Gasteiger partial charge in [-0.2, -0.15) is 0 Å². The molecule has 0 aromatic heterocycles. The largest absolute Gasteiger partial charge is 0.497 e. The van der Waals surface area contributed by atoms with E-state index in [1.807, 2.05) is 0 Å². The zero-order valence-electron chi connectivity index (χ0n) is 8.56. The lowest BCUT2D eigenvalue weighted by molar-refractivity contribution is -0.131. The van der Waals surface area contributed by atoms with Gasteiger partial charge in [0.2, 0.25) is 0 Å². The van der Waals surface area contributed by atoms with Crippen molar-refractivity contribution in [3.8, 4) is 11.5 Å². The quantitative estimate of drug-likeness (QED) is 0.798. The van der Waals surface area contributed by atoms with Gasteiger partial charge in [-0.15, -0.1) is 0 Å². The van der Waals surface area contributed by atoms with Crippen LogP contribution in [0.4, 0.5) is 0 Å². The van der Waals surface area contributed by atoms with Crippen LogP contribution in [-0.2, 0) is 4.79 Å². The first-order valence-electron chi connectivity index (χ1n) is 4.30. The van der Waals surface area contributed by atoms with Crippen LogP contribution in [0.1, 0.15) is 13.0 Å². The van der Waals surface area contributed by atoms with Crippen molar-refractivity contribution in [2.45, 2.75) is 7.43 Å². The molecule has 1 aromatic carbocycles. The molecule has 1 N–H and O–H groups in total. The Bertz CT molecular complexity index is 360. The zero-order valence-corrected chi connectivity index (χ0v) is 8.56. The molecule has 0 spiro atoms. The van der Waals surface area contributed by atoms with Gasteiger partial charge in [-0.05, 0) is 23.8 Å². The number of benzene rings is 1. The summed E-state index contributed by atoms with van der Waals surface area (Å²) in [5, 5.41) is 8.48. The Morgan fingerprint density at radius 1 is 1.19 bits per heavy atom. The van der Waals surface area contributed by atoms with Crippen LogP contribution >= 0.6 is 0 Å². The fraction of sp³-hybridized carbons (Fsp3) is 0.250. The second-order valence-corrected chi connectivity index (χ2v) is 2.82. The Morgan fingerprint density at radius 3 is 2.06 bits per heavy atom. The second kappa shape index (κ2) is 6.50. The van der Waals surface area contributed by atoms with E-state index < -0.39 is 5.97 Å². The lowest BCUT2D eigenvalue weighted by Gasteiger charge is -2.05. The average molecular weight is 224 g/mol. The van der Waals surface area contributed by atoms with Crippen molar-refractivity contribution >= 4 is 12.0 Å². The molecule has 1 rings (SSSR count). The van der Waals surface area contributed by atoms with Gasteiger partial charge in [-0.3, -0.25) is 0 Å². The van der Waals surface area contributed by atoms with Crippen LogP contribution in [0.2, 0.25) is 0 Å². The van der Waals surface area contributed by atoms with E-state index in [-0.39, 0.29) is 7.43 Å². The minimum absolute atomic E-state index is 0. The van der Waals surface area contributed by atoms with Crippen LogP contribution in [0.3, 0.4) is 0 Å². The van der Waals surface area contributed by atoms with Crippen molar-refractivity contribution in [1.29, 1.82) is 0 Å². The predicted octanol–water partition coefficient (Wildman–Crippen LogP) is 2.44. The van der Waals surface area contributed by atoms with Gasteiger partial charge in [-0.25, -0.2) is 4.79 Å². The van der Waals surface area contributed by atoms with Gasteiger partial charge in [0.05, 0.1) is 14.2 Å². The van der Waals surface area contributed by atoms with Gasteiger partial charge in [0.25, 0.3) is 0 Å². The molecule has 0 aliphatic rings. The van der Waals surface area contributed by atoms with Crippen molar-refractivity contribution < 1.29 is 19.4 Å². The van der Waals surface area contributed by atoms with Gasteiger partial charge in [0.15, 0.2) is 0 Å². The van der Waals surface area contributed by atoms with Crippen LogP contribution in [0.15, 0.2) is 24.3 Å². The van der Waals surface area contributed by atoms with Crippen molar-refractivity contribution in [1.82, 2.24) is 0 Å². The third-order valence-electron chi connectivity index (χ3n) is 1.79. The summed E-state index contributed by atoms with van der Waals surface area (Å²) >= 11 is 0. The predicted molar refractivity (Wildman–Crippen MR) is 62.9 cm³/mol. The van der Waals surface area contributed by atoms with E-state index in [9.17, 15) is 4.79 Å². The molecule has 0 radical (unpaired) electrons. The fourth-order valence-corrected chi connectivity index (χ4v) is 1.09. The molecule has 88 valence electrons. The highest BCUT2D eigenvalue weighted by molar-refractivity contribution is 5.85. The highest BCUT2D eigenvalue weighted by Gasteiger charge is 1.99. The number of carbonyl (C=O) groups is 1. The standard InChI is InChI=1S/C11H12O4.CH4/c1-14-9-5-8(3-4-11(12)13)6-10(7-9)15-2;/h3-7H,1-2H3,(H,12,13);1H4/b4-3+;. The molecular weight excluding hydrogens is 208 g/mol. The van der Waals surface area contributed by atoms with E-state index in [1.54, 1.807) is 32.4 Å². The van der Waals surface area contributed by atoms with E-state index >= 15 is 0 Å². The molecule has 0 fully saturated rings. The van der Waals surface area contributed by atoms with Gasteiger partial charge < -0.3 is 14.6 Å². The van der Waals surface area contributed by atoms with Crippen LogP contribution < -0.4 is 9.47 Å². The smallest absolute Gasteiger partial charge is 0.328 e. The van der Waals surface area contributed by atoms with Crippen molar-refractivity contribution in [2.24, 2.45) is 0 Å². The maximum Gasteiger partial charge on any atom is 0.328 e. The Labute approximate surface area is 95.1 Å². The van der Waals surface area contributed by atoms with E-state index in [4.69, 9.17) is 14.6 Å². The molecule has 1 aromatic rings. The van der Waals surface area contributed by atoms with Crippen molar-refractivity contribution in [3.05, 3.63) is 29.8 Å². The maximum absolute atomic E-state index is 10.3. The van der Waals surface area contributed by atoms with E-state index in [0.717, 1.165) is 6.08 Å². The molecule has 0 aliphatic heterocycles. The maximum atomic E-state index is 10.3. The molecule has 0 atom stereocenters. The first kappa shape index (κ1) is 14.0. The fourth-order valence-electron chi connectivity index (χ4n) is 1.09. The molecule has 0 aliphatic carbocycles. The Balaban J connectivity index is 0.00000225. The number of hydrogen-bond donors (Lipinski definition) is 1. The highest BCUT2D eigenvalue weighted by atomic mass is 16.5. The lowest BCUT2D eigenvalue weighted by atomic mass is 10.2. The van der Waals surface area contributed by atoms with Gasteiger partial charge in [0.1, 0.15) is 11.5 Å². The molecule has 0 saturated carbocycles. The van der Waals surface area contributed by atoms with Gasteiger partial charge >= 0.3 is 5.97 Å². The average Bonchev–Trinajstić information content (AvgIpc) is 2.25. The zero-order chi connectivity index (χ0) is 11.3. The number of methoxy groups -OCH3 is 2. The third kappa shape index (κ3) is 4.04. The number of ether oxygens (including phenoxy) is 2.